The van der Waals surface area contributed by atoms with Gasteiger partial charge in [0.1, 0.15) is 0 Å². The highest BCUT2D eigenvalue weighted by atomic mass is 16.5. The highest BCUT2D eigenvalue weighted by Crippen LogP contribution is 2.18. The minimum atomic E-state index is -0.315. The van der Waals surface area contributed by atoms with Gasteiger partial charge in [0.05, 0.1) is 7.11 Å². The molecular formula is C15H14O2. The molecule has 0 aromatic heterocycles. The third kappa shape index (κ3) is 2.72. The Labute approximate surface area is 101 Å². The van der Waals surface area contributed by atoms with Crippen molar-refractivity contribution in [2.45, 2.75) is 6.42 Å². The van der Waals surface area contributed by atoms with E-state index in [0.29, 0.717) is 0 Å². The number of carbonyl (C=O) groups is 1. The van der Waals surface area contributed by atoms with Gasteiger partial charge in [-0.05, 0) is 22.8 Å². The Morgan fingerprint density at radius 1 is 1.18 bits per heavy atom. The van der Waals surface area contributed by atoms with Crippen LogP contribution in [-0.4, -0.2) is 13.1 Å². The first-order chi connectivity index (χ1) is 8.31. The molecule has 2 rings (SSSR count). The molecule has 0 aliphatic heterocycles. The molecule has 0 radical (unpaired) electrons. The zero-order valence-corrected chi connectivity index (χ0v) is 9.72. The Balaban J connectivity index is 2.24. The number of ether oxygens (including phenoxy) is 1. The Morgan fingerprint density at radius 2 is 1.94 bits per heavy atom. The summed E-state index contributed by atoms with van der Waals surface area (Å²) in [5.41, 5.74) is 1.21. The predicted molar refractivity (Wildman–Crippen MR) is 68.8 cm³/mol. The van der Waals surface area contributed by atoms with Gasteiger partial charge in [-0.15, -0.1) is 0 Å². The fourth-order valence-corrected chi connectivity index (χ4v) is 1.82. The molecule has 0 N–H and O–H groups in total. The lowest BCUT2D eigenvalue weighted by Gasteiger charge is -2.03. The molecule has 17 heavy (non-hydrogen) atoms. The van der Waals surface area contributed by atoms with Crippen molar-refractivity contribution in [1.29, 1.82) is 0 Å². The van der Waals surface area contributed by atoms with Crippen molar-refractivity contribution in [3.05, 3.63) is 60.2 Å². The van der Waals surface area contributed by atoms with Crippen LogP contribution in [0.5, 0.6) is 0 Å². The summed E-state index contributed by atoms with van der Waals surface area (Å²) in [5.74, 6) is -0.315. The number of rotatable bonds is 3. The van der Waals surface area contributed by atoms with Crippen LogP contribution in [0.15, 0.2) is 54.6 Å². The number of methoxy groups -OCH3 is 1. The fraction of sp³-hybridized carbons (Fsp3) is 0.133. The number of benzene rings is 2. The van der Waals surface area contributed by atoms with Gasteiger partial charge in [0.25, 0.3) is 0 Å². The molecule has 0 aliphatic carbocycles. The van der Waals surface area contributed by atoms with Crippen molar-refractivity contribution in [2.24, 2.45) is 0 Å². The van der Waals surface area contributed by atoms with E-state index in [1.165, 1.54) is 29.5 Å². The molecule has 2 aromatic carbocycles. The van der Waals surface area contributed by atoms with Gasteiger partial charge >= 0.3 is 5.97 Å². The molecule has 0 bridgehead atoms. The van der Waals surface area contributed by atoms with E-state index in [2.05, 4.69) is 29.0 Å². The molecule has 0 fully saturated rings. The number of hydrogen-bond acceptors (Lipinski definition) is 2. The normalized spacial score (nSPS) is 10.9. The van der Waals surface area contributed by atoms with E-state index < -0.39 is 0 Å². The monoisotopic (exact) mass is 226 g/mol. The Morgan fingerprint density at radius 3 is 2.76 bits per heavy atom. The summed E-state index contributed by atoms with van der Waals surface area (Å²) in [6.45, 7) is 0. The molecule has 0 aliphatic rings. The summed E-state index contributed by atoms with van der Waals surface area (Å²) in [6, 6.07) is 14.4. The predicted octanol–water partition coefficient (Wildman–Crippen LogP) is 3.11. The first-order valence-electron chi connectivity index (χ1n) is 5.52. The summed E-state index contributed by atoms with van der Waals surface area (Å²) in [7, 11) is 1.38. The molecule has 0 amide bonds. The van der Waals surface area contributed by atoms with Crippen molar-refractivity contribution in [1.82, 2.24) is 0 Å². The summed E-state index contributed by atoms with van der Waals surface area (Å²) >= 11 is 0. The molecule has 0 atom stereocenters. The molecule has 0 heterocycles. The van der Waals surface area contributed by atoms with E-state index in [-0.39, 0.29) is 5.97 Å². The number of fused-ring (bicyclic) bond motifs is 1. The third-order valence-corrected chi connectivity index (χ3v) is 2.67. The maximum absolute atomic E-state index is 11.0. The van der Waals surface area contributed by atoms with Crippen LogP contribution in [0.4, 0.5) is 0 Å². The molecule has 0 spiro atoms. The maximum Gasteiger partial charge on any atom is 0.330 e. The molecule has 0 saturated heterocycles. The van der Waals surface area contributed by atoms with Crippen LogP contribution >= 0.6 is 0 Å². The molecule has 2 aromatic rings. The average Bonchev–Trinajstić information content (AvgIpc) is 2.39. The van der Waals surface area contributed by atoms with Gasteiger partial charge in [-0.2, -0.15) is 0 Å². The van der Waals surface area contributed by atoms with Crippen molar-refractivity contribution >= 4 is 16.7 Å². The zero-order chi connectivity index (χ0) is 12.1. The SMILES string of the molecule is COC(=O)/C=C/Cc1cccc2ccccc12. The van der Waals surface area contributed by atoms with Crippen LogP contribution in [0.2, 0.25) is 0 Å². The van der Waals surface area contributed by atoms with Gasteiger partial charge in [0.2, 0.25) is 0 Å². The van der Waals surface area contributed by atoms with Gasteiger partial charge in [-0.1, -0.05) is 48.5 Å². The highest BCUT2D eigenvalue weighted by Gasteiger charge is 1.98. The second-order valence-corrected chi connectivity index (χ2v) is 3.77. The maximum atomic E-state index is 11.0. The van der Waals surface area contributed by atoms with Gasteiger partial charge in [-0.3, -0.25) is 0 Å². The quantitative estimate of drug-likeness (QED) is 0.593. The molecular weight excluding hydrogens is 212 g/mol. The van der Waals surface area contributed by atoms with E-state index in [1.807, 2.05) is 24.3 Å². The van der Waals surface area contributed by atoms with Crippen molar-refractivity contribution in [3.8, 4) is 0 Å². The number of hydrogen-bond donors (Lipinski definition) is 0. The van der Waals surface area contributed by atoms with Gasteiger partial charge in [0.15, 0.2) is 0 Å². The second-order valence-electron chi connectivity index (χ2n) is 3.77. The lowest BCUT2D eigenvalue weighted by atomic mass is 10.0. The second kappa shape index (κ2) is 5.30. The summed E-state index contributed by atoms with van der Waals surface area (Å²) < 4.78 is 4.55. The lowest BCUT2D eigenvalue weighted by Crippen LogP contribution is -1.94. The summed E-state index contributed by atoms with van der Waals surface area (Å²) in [5, 5.41) is 2.45. The van der Waals surface area contributed by atoms with Crippen LogP contribution < -0.4 is 0 Å². The van der Waals surface area contributed by atoms with Crippen LogP contribution in [0.1, 0.15) is 5.56 Å². The van der Waals surface area contributed by atoms with E-state index in [1.54, 1.807) is 0 Å². The first kappa shape index (κ1) is 11.4. The minimum absolute atomic E-state index is 0.315. The molecule has 0 saturated carbocycles. The lowest BCUT2D eigenvalue weighted by molar-refractivity contribution is -0.134. The van der Waals surface area contributed by atoms with Gasteiger partial charge < -0.3 is 4.74 Å². The van der Waals surface area contributed by atoms with E-state index in [0.717, 1.165) is 6.42 Å². The van der Waals surface area contributed by atoms with Crippen LogP contribution in [-0.2, 0) is 16.0 Å². The van der Waals surface area contributed by atoms with Gasteiger partial charge in [-0.25, -0.2) is 4.79 Å². The standard InChI is InChI=1S/C15H14O2/c1-17-15(16)11-5-9-13-8-4-7-12-6-2-3-10-14(12)13/h2-8,10-11H,9H2,1H3/b11-5+. The summed E-state index contributed by atoms with van der Waals surface area (Å²) in [6.07, 6.45) is 4.02. The van der Waals surface area contributed by atoms with Crippen LogP contribution in [0.3, 0.4) is 0 Å². The van der Waals surface area contributed by atoms with Gasteiger partial charge in [0, 0.05) is 6.08 Å². The molecule has 2 heteroatoms. The first-order valence-corrected chi connectivity index (χ1v) is 5.52. The number of allylic oxidation sites excluding steroid dienone is 1. The smallest absolute Gasteiger partial charge is 0.330 e. The average molecular weight is 226 g/mol. The van der Waals surface area contributed by atoms with E-state index in [9.17, 15) is 4.79 Å². The van der Waals surface area contributed by atoms with Crippen molar-refractivity contribution in [3.63, 3.8) is 0 Å². The Hall–Kier alpha value is -2.09. The van der Waals surface area contributed by atoms with E-state index in [4.69, 9.17) is 0 Å². The zero-order valence-electron chi connectivity index (χ0n) is 9.72. The third-order valence-electron chi connectivity index (χ3n) is 2.67. The topological polar surface area (TPSA) is 26.3 Å². The molecule has 0 unspecified atom stereocenters. The summed E-state index contributed by atoms with van der Waals surface area (Å²) in [4.78, 5) is 11.0. The van der Waals surface area contributed by atoms with Crippen molar-refractivity contribution < 1.29 is 9.53 Å². The Kier molecular flexibility index (Phi) is 3.55. The highest BCUT2D eigenvalue weighted by molar-refractivity contribution is 5.86. The molecule has 2 nitrogen and oxygen atoms in total. The fourth-order valence-electron chi connectivity index (χ4n) is 1.82. The Bertz CT molecular complexity index is 550. The largest absolute Gasteiger partial charge is 0.466 e. The van der Waals surface area contributed by atoms with Crippen LogP contribution in [0.25, 0.3) is 10.8 Å². The van der Waals surface area contributed by atoms with Crippen LogP contribution in [0, 0.1) is 0 Å². The number of esters is 1. The van der Waals surface area contributed by atoms with Crippen molar-refractivity contribution in [2.75, 3.05) is 7.11 Å². The number of carbonyl (C=O) groups excluding carboxylic acids is 1. The minimum Gasteiger partial charge on any atom is -0.466 e. The van der Waals surface area contributed by atoms with E-state index >= 15 is 0 Å². The molecule has 86 valence electrons.